The fraction of sp³-hybridized carbons (Fsp3) is 0.455. The van der Waals surface area contributed by atoms with Gasteiger partial charge in [-0.05, 0) is 31.0 Å². The van der Waals surface area contributed by atoms with E-state index < -0.39 is 0 Å². The van der Waals surface area contributed by atoms with Crippen LogP contribution in [0.25, 0.3) is 0 Å². The van der Waals surface area contributed by atoms with Crippen molar-refractivity contribution < 1.29 is 4.74 Å². The fourth-order valence-electron chi connectivity index (χ4n) is 1.33. The Labute approximate surface area is 88.2 Å². The fourth-order valence-corrected chi connectivity index (χ4v) is 1.59. The molecule has 0 aromatic heterocycles. The van der Waals surface area contributed by atoms with Crippen LogP contribution in [0.2, 0.25) is 0 Å². The molecular formula is C11H15BrO. The Balaban J connectivity index is 2.73. The molecule has 1 unspecified atom stereocenters. The number of hydrogen-bond acceptors (Lipinski definition) is 1. The molecule has 0 saturated heterocycles. The zero-order chi connectivity index (χ0) is 9.68. The monoisotopic (exact) mass is 242 g/mol. The van der Waals surface area contributed by atoms with Gasteiger partial charge in [0.2, 0.25) is 0 Å². The first-order chi connectivity index (χ1) is 6.27. The molecule has 1 atom stereocenters. The summed E-state index contributed by atoms with van der Waals surface area (Å²) in [6.07, 6.45) is 1.27. The van der Waals surface area contributed by atoms with E-state index in [-0.39, 0.29) is 6.10 Å². The highest BCUT2D eigenvalue weighted by atomic mass is 79.9. The highest BCUT2D eigenvalue weighted by Crippen LogP contribution is 2.22. The summed E-state index contributed by atoms with van der Waals surface area (Å²) in [7, 11) is 0. The first kappa shape index (κ1) is 10.7. The van der Waals surface area contributed by atoms with Crippen molar-refractivity contribution in [1.82, 2.24) is 0 Å². The van der Waals surface area contributed by atoms with Crippen LogP contribution in [-0.4, -0.2) is 6.61 Å². The number of benzene rings is 1. The maximum absolute atomic E-state index is 5.60. The van der Waals surface area contributed by atoms with Gasteiger partial charge in [-0.15, -0.1) is 0 Å². The summed E-state index contributed by atoms with van der Waals surface area (Å²) >= 11 is 3.41. The number of halogens is 1. The van der Waals surface area contributed by atoms with Crippen molar-refractivity contribution in [3.8, 4) is 0 Å². The Morgan fingerprint density at radius 3 is 2.31 bits per heavy atom. The first-order valence-electron chi connectivity index (χ1n) is 4.65. The smallest absolute Gasteiger partial charge is 0.0822 e. The maximum atomic E-state index is 5.60. The number of ether oxygens (including phenoxy) is 1. The van der Waals surface area contributed by atoms with Gasteiger partial charge < -0.3 is 4.74 Å². The largest absolute Gasteiger partial charge is 0.374 e. The lowest BCUT2D eigenvalue weighted by Gasteiger charge is -2.15. The molecule has 0 aliphatic heterocycles. The lowest BCUT2D eigenvalue weighted by molar-refractivity contribution is 0.0598. The van der Waals surface area contributed by atoms with Crippen LogP contribution in [0, 0.1) is 0 Å². The van der Waals surface area contributed by atoms with E-state index in [1.54, 1.807) is 0 Å². The van der Waals surface area contributed by atoms with E-state index >= 15 is 0 Å². The Morgan fingerprint density at radius 2 is 1.85 bits per heavy atom. The summed E-state index contributed by atoms with van der Waals surface area (Å²) in [5.74, 6) is 0. The second-order valence-electron chi connectivity index (χ2n) is 2.90. The normalized spacial score (nSPS) is 12.8. The van der Waals surface area contributed by atoms with Crippen LogP contribution >= 0.6 is 15.9 Å². The van der Waals surface area contributed by atoms with Gasteiger partial charge in [-0.3, -0.25) is 0 Å². The molecule has 1 aromatic carbocycles. The average Bonchev–Trinajstić information content (AvgIpc) is 2.16. The second kappa shape index (κ2) is 5.40. The second-order valence-corrected chi connectivity index (χ2v) is 3.82. The molecule has 0 N–H and O–H groups in total. The maximum Gasteiger partial charge on any atom is 0.0822 e. The molecular weight excluding hydrogens is 228 g/mol. The Kier molecular flexibility index (Phi) is 4.46. The van der Waals surface area contributed by atoms with Crippen LogP contribution in [0.5, 0.6) is 0 Å². The third-order valence-corrected chi connectivity index (χ3v) is 2.51. The molecule has 0 bridgehead atoms. The van der Waals surface area contributed by atoms with Crippen molar-refractivity contribution in [2.45, 2.75) is 26.4 Å². The standard InChI is InChI=1S/C11H15BrO/c1-3-11(13-4-2)9-5-7-10(12)8-6-9/h5-8,11H,3-4H2,1-2H3. The van der Waals surface area contributed by atoms with E-state index in [2.05, 4.69) is 47.1 Å². The van der Waals surface area contributed by atoms with Crippen LogP contribution in [-0.2, 0) is 4.74 Å². The van der Waals surface area contributed by atoms with Gasteiger partial charge in [0.1, 0.15) is 0 Å². The van der Waals surface area contributed by atoms with Crippen molar-refractivity contribution in [2.24, 2.45) is 0 Å². The van der Waals surface area contributed by atoms with Gasteiger partial charge in [0.15, 0.2) is 0 Å². The summed E-state index contributed by atoms with van der Waals surface area (Å²) in [6.45, 7) is 4.94. The lowest BCUT2D eigenvalue weighted by Crippen LogP contribution is -2.02. The van der Waals surface area contributed by atoms with Crippen molar-refractivity contribution in [3.63, 3.8) is 0 Å². The van der Waals surface area contributed by atoms with Gasteiger partial charge in [0, 0.05) is 11.1 Å². The molecule has 0 heterocycles. The van der Waals surface area contributed by atoms with Crippen LogP contribution in [0.4, 0.5) is 0 Å². The van der Waals surface area contributed by atoms with Crippen LogP contribution in [0.1, 0.15) is 31.9 Å². The van der Waals surface area contributed by atoms with Crippen LogP contribution in [0.3, 0.4) is 0 Å². The predicted octanol–water partition coefficient (Wildman–Crippen LogP) is 3.94. The van der Waals surface area contributed by atoms with Crippen molar-refractivity contribution in [2.75, 3.05) is 6.61 Å². The quantitative estimate of drug-likeness (QED) is 0.778. The molecule has 72 valence electrons. The summed E-state index contributed by atoms with van der Waals surface area (Å²) in [5, 5.41) is 0. The molecule has 13 heavy (non-hydrogen) atoms. The molecule has 2 heteroatoms. The van der Waals surface area contributed by atoms with E-state index in [9.17, 15) is 0 Å². The van der Waals surface area contributed by atoms with Crippen molar-refractivity contribution in [3.05, 3.63) is 34.3 Å². The van der Waals surface area contributed by atoms with Crippen molar-refractivity contribution >= 4 is 15.9 Å². The molecule has 0 fully saturated rings. The van der Waals surface area contributed by atoms with E-state index in [0.717, 1.165) is 17.5 Å². The molecule has 0 saturated carbocycles. The van der Waals surface area contributed by atoms with E-state index in [0.29, 0.717) is 0 Å². The third kappa shape index (κ3) is 3.12. The van der Waals surface area contributed by atoms with Gasteiger partial charge in [0.05, 0.1) is 6.10 Å². The summed E-state index contributed by atoms with van der Waals surface area (Å²) in [6, 6.07) is 8.32. The predicted molar refractivity (Wildman–Crippen MR) is 58.8 cm³/mol. The minimum Gasteiger partial charge on any atom is -0.374 e. The van der Waals surface area contributed by atoms with Gasteiger partial charge in [0.25, 0.3) is 0 Å². The highest BCUT2D eigenvalue weighted by molar-refractivity contribution is 9.10. The minimum absolute atomic E-state index is 0.248. The van der Waals surface area contributed by atoms with Gasteiger partial charge >= 0.3 is 0 Å². The summed E-state index contributed by atoms with van der Waals surface area (Å²) in [4.78, 5) is 0. The number of rotatable bonds is 4. The molecule has 0 radical (unpaired) electrons. The average molecular weight is 243 g/mol. The van der Waals surface area contributed by atoms with E-state index in [1.807, 2.05) is 6.92 Å². The Bertz CT molecular complexity index is 243. The van der Waals surface area contributed by atoms with E-state index in [4.69, 9.17) is 4.74 Å². The van der Waals surface area contributed by atoms with E-state index in [1.165, 1.54) is 5.56 Å². The molecule has 1 nitrogen and oxygen atoms in total. The van der Waals surface area contributed by atoms with Gasteiger partial charge in [-0.1, -0.05) is 35.0 Å². The van der Waals surface area contributed by atoms with Crippen molar-refractivity contribution in [1.29, 1.82) is 0 Å². The molecule has 0 amide bonds. The SMILES string of the molecule is CCOC(CC)c1ccc(Br)cc1. The third-order valence-electron chi connectivity index (χ3n) is 1.98. The summed E-state index contributed by atoms with van der Waals surface area (Å²) in [5.41, 5.74) is 1.26. The Hall–Kier alpha value is -0.340. The van der Waals surface area contributed by atoms with Gasteiger partial charge in [-0.25, -0.2) is 0 Å². The summed E-state index contributed by atoms with van der Waals surface area (Å²) < 4.78 is 6.72. The van der Waals surface area contributed by atoms with Crippen LogP contribution in [0.15, 0.2) is 28.7 Å². The topological polar surface area (TPSA) is 9.23 Å². The molecule has 0 aliphatic carbocycles. The Morgan fingerprint density at radius 1 is 1.23 bits per heavy atom. The van der Waals surface area contributed by atoms with Gasteiger partial charge in [-0.2, -0.15) is 0 Å². The molecule has 1 aromatic rings. The zero-order valence-electron chi connectivity index (χ0n) is 8.09. The van der Waals surface area contributed by atoms with Crippen LogP contribution < -0.4 is 0 Å². The zero-order valence-corrected chi connectivity index (χ0v) is 9.67. The molecule has 1 rings (SSSR count). The lowest BCUT2D eigenvalue weighted by atomic mass is 10.1. The first-order valence-corrected chi connectivity index (χ1v) is 5.44. The molecule has 0 aliphatic rings. The number of hydrogen-bond donors (Lipinski definition) is 0. The molecule has 0 spiro atoms. The minimum atomic E-state index is 0.248. The highest BCUT2D eigenvalue weighted by Gasteiger charge is 2.07.